The second-order valence-electron chi connectivity index (χ2n) is 5.51. The van der Waals surface area contributed by atoms with Gasteiger partial charge in [0.05, 0.1) is 12.7 Å². The average molecular weight is 406 g/mol. The molecule has 0 saturated carbocycles. The summed E-state index contributed by atoms with van der Waals surface area (Å²) >= 11 is 3.35. The third-order valence-electron chi connectivity index (χ3n) is 3.84. The zero-order valence-corrected chi connectivity index (χ0v) is 15.5. The molecule has 0 aromatic heterocycles. The van der Waals surface area contributed by atoms with Gasteiger partial charge in [0.2, 0.25) is 5.91 Å². The zero-order chi connectivity index (χ0) is 16.1. The Morgan fingerprint density at radius 2 is 2.13 bits per heavy atom. The molecule has 128 valence electrons. The topological polar surface area (TPSA) is 72.6 Å². The molecule has 0 spiro atoms. The van der Waals surface area contributed by atoms with Crippen molar-refractivity contribution in [2.24, 2.45) is 5.73 Å². The van der Waals surface area contributed by atoms with Crippen LogP contribution < -0.4 is 10.5 Å². The number of carbonyl (C=O) groups excluding carboxylic acids is 2. The van der Waals surface area contributed by atoms with E-state index in [0.29, 0.717) is 17.9 Å². The smallest absolute Gasteiger partial charge is 0.223 e. The highest BCUT2D eigenvalue weighted by Gasteiger charge is 2.22. The Morgan fingerprint density at radius 1 is 1.39 bits per heavy atom. The van der Waals surface area contributed by atoms with Crippen LogP contribution in [0.5, 0.6) is 5.75 Å². The number of amides is 1. The molecular formula is C16H22BrClN2O3. The minimum Gasteiger partial charge on any atom is -0.496 e. The number of nitrogens with zero attached hydrogens (tertiary/aromatic N) is 1. The summed E-state index contributed by atoms with van der Waals surface area (Å²) in [6, 6.07) is 5.33. The molecule has 1 aromatic carbocycles. The number of nitrogens with two attached hydrogens (primary N) is 1. The Balaban J connectivity index is 0.00000264. The Bertz CT molecular complexity index is 568. The van der Waals surface area contributed by atoms with Crippen LogP contribution in [0.15, 0.2) is 22.7 Å². The van der Waals surface area contributed by atoms with Crippen LogP contribution in [0.4, 0.5) is 0 Å². The van der Waals surface area contributed by atoms with E-state index < -0.39 is 0 Å². The SMILES string of the molecule is COc1ccc(Br)cc1C(=O)CCC(=O)N1CCCC(N)C1.Cl. The van der Waals surface area contributed by atoms with Crippen LogP contribution in [-0.2, 0) is 4.79 Å². The number of rotatable bonds is 5. The standard InChI is InChI=1S/C16H21BrN2O3.ClH/c1-22-15-6-4-11(17)9-13(15)14(20)5-7-16(21)19-8-2-3-12(18)10-19;/h4,6,9,12H,2-3,5,7-8,10,18H2,1H3;1H. The summed E-state index contributed by atoms with van der Waals surface area (Å²) in [5.74, 6) is 0.436. The van der Waals surface area contributed by atoms with Gasteiger partial charge in [0, 0.05) is 36.4 Å². The molecule has 1 unspecified atom stereocenters. The molecule has 7 heteroatoms. The van der Waals surface area contributed by atoms with Crippen molar-refractivity contribution in [1.82, 2.24) is 4.90 Å². The first-order chi connectivity index (χ1) is 10.5. The summed E-state index contributed by atoms with van der Waals surface area (Å²) in [5.41, 5.74) is 6.38. The Labute approximate surface area is 151 Å². The van der Waals surface area contributed by atoms with E-state index in [1.807, 2.05) is 6.07 Å². The number of ketones is 1. The lowest BCUT2D eigenvalue weighted by atomic mass is 10.0. The van der Waals surface area contributed by atoms with Gasteiger partial charge < -0.3 is 15.4 Å². The largest absolute Gasteiger partial charge is 0.496 e. The van der Waals surface area contributed by atoms with Gasteiger partial charge in [0.25, 0.3) is 0 Å². The lowest BCUT2D eigenvalue weighted by Gasteiger charge is -2.30. The van der Waals surface area contributed by atoms with Crippen molar-refractivity contribution in [1.29, 1.82) is 0 Å². The number of halogens is 2. The summed E-state index contributed by atoms with van der Waals surface area (Å²) in [6.45, 7) is 1.33. The van der Waals surface area contributed by atoms with E-state index in [2.05, 4.69) is 15.9 Å². The van der Waals surface area contributed by atoms with E-state index >= 15 is 0 Å². The molecule has 23 heavy (non-hydrogen) atoms. The van der Waals surface area contributed by atoms with Crippen molar-refractivity contribution in [3.63, 3.8) is 0 Å². The molecule has 0 radical (unpaired) electrons. The van der Waals surface area contributed by atoms with Gasteiger partial charge in [-0.05, 0) is 31.0 Å². The summed E-state index contributed by atoms with van der Waals surface area (Å²) in [7, 11) is 1.53. The first-order valence-corrected chi connectivity index (χ1v) is 8.20. The first kappa shape index (κ1) is 19.9. The van der Waals surface area contributed by atoms with Crippen molar-refractivity contribution < 1.29 is 14.3 Å². The molecule has 1 aliphatic rings. The molecule has 1 amide bonds. The lowest BCUT2D eigenvalue weighted by Crippen LogP contribution is -2.45. The highest BCUT2D eigenvalue weighted by molar-refractivity contribution is 9.10. The van der Waals surface area contributed by atoms with Gasteiger partial charge in [-0.15, -0.1) is 12.4 Å². The van der Waals surface area contributed by atoms with Crippen LogP contribution >= 0.6 is 28.3 Å². The van der Waals surface area contributed by atoms with Gasteiger partial charge in [0.1, 0.15) is 5.75 Å². The fourth-order valence-corrected chi connectivity index (χ4v) is 3.01. The monoisotopic (exact) mass is 404 g/mol. The summed E-state index contributed by atoms with van der Waals surface area (Å²) in [5, 5.41) is 0. The third-order valence-corrected chi connectivity index (χ3v) is 4.33. The molecule has 1 heterocycles. The van der Waals surface area contributed by atoms with E-state index in [4.69, 9.17) is 10.5 Å². The van der Waals surface area contributed by atoms with E-state index in [-0.39, 0.29) is 43.0 Å². The van der Waals surface area contributed by atoms with Gasteiger partial charge in [-0.2, -0.15) is 0 Å². The van der Waals surface area contributed by atoms with Crippen molar-refractivity contribution >= 4 is 40.0 Å². The number of hydrogen-bond donors (Lipinski definition) is 1. The molecule has 0 aliphatic carbocycles. The summed E-state index contributed by atoms with van der Waals surface area (Å²) in [6.07, 6.45) is 2.27. The normalized spacial score (nSPS) is 17.3. The number of piperidine rings is 1. The van der Waals surface area contributed by atoms with Gasteiger partial charge in [0.15, 0.2) is 5.78 Å². The maximum absolute atomic E-state index is 12.3. The highest BCUT2D eigenvalue weighted by Crippen LogP contribution is 2.24. The molecule has 5 nitrogen and oxygen atoms in total. The number of carbonyl (C=O) groups is 2. The van der Waals surface area contributed by atoms with E-state index in [9.17, 15) is 9.59 Å². The van der Waals surface area contributed by atoms with Crippen molar-refractivity contribution in [3.05, 3.63) is 28.2 Å². The Hall–Kier alpha value is -1.11. The molecule has 1 saturated heterocycles. The van der Waals surface area contributed by atoms with Gasteiger partial charge in [-0.3, -0.25) is 9.59 Å². The Kier molecular flexibility index (Phi) is 8.02. The maximum atomic E-state index is 12.3. The van der Waals surface area contributed by atoms with Crippen molar-refractivity contribution in [3.8, 4) is 5.75 Å². The van der Waals surface area contributed by atoms with E-state index in [1.165, 1.54) is 7.11 Å². The quantitative estimate of drug-likeness (QED) is 0.765. The summed E-state index contributed by atoms with van der Waals surface area (Å²) < 4.78 is 6.02. The molecule has 1 atom stereocenters. The van der Waals surface area contributed by atoms with Crippen LogP contribution in [0.3, 0.4) is 0 Å². The number of likely N-dealkylation sites (tertiary alicyclic amines) is 1. The number of methoxy groups -OCH3 is 1. The first-order valence-electron chi connectivity index (χ1n) is 7.41. The minimum atomic E-state index is -0.0900. The van der Waals surface area contributed by atoms with Gasteiger partial charge >= 0.3 is 0 Å². The van der Waals surface area contributed by atoms with Crippen LogP contribution in [-0.4, -0.2) is 42.8 Å². The maximum Gasteiger partial charge on any atom is 0.223 e. The Morgan fingerprint density at radius 3 is 2.78 bits per heavy atom. The molecule has 1 aliphatic heterocycles. The predicted molar refractivity (Wildman–Crippen MR) is 95.3 cm³/mol. The molecular weight excluding hydrogens is 384 g/mol. The fraction of sp³-hybridized carbons (Fsp3) is 0.500. The molecule has 2 rings (SSSR count). The molecule has 2 N–H and O–H groups in total. The number of ether oxygens (including phenoxy) is 1. The number of benzene rings is 1. The van der Waals surface area contributed by atoms with Crippen LogP contribution in [0.1, 0.15) is 36.0 Å². The van der Waals surface area contributed by atoms with Crippen LogP contribution in [0.2, 0.25) is 0 Å². The zero-order valence-electron chi connectivity index (χ0n) is 13.1. The van der Waals surface area contributed by atoms with Crippen LogP contribution in [0, 0.1) is 0 Å². The van der Waals surface area contributed by atoms with Gasteiger partial charge in [-0.25, -0.2) is 0 Å². The molecule has 0 bridgehead atoms. The summed E-state index contributed by atoms with van der Waals surface area (Å²) in [4.78, 5) is 26.3. The molecule has 1 fully saturated rings. The average Bonchev–Trinajstić information content (AvgIpc) is 2.52. The lowest BCUT2D eigenvalue weighted by molar-refractivity contribution is -0.132. The minimum absolute atomic E-state index is 0. The van der Waals surface area contributed by atoms with E-state index in [1.54, 1.807) is 17.0 Å². The fourth-order valence-electron chi connectivity index (χ4n) is 2.65. The van der Waals surface area contributed by atoms with Gasteiger partial charge in [-0.1, -0.05) is 15.9 Å². The van der Waals surface area contributed by atoms with Crippen LogP contribution in [0.25, 0.3) is 0 Å². The van der Waals surface area contributed by atoms with Crippen molar-refractivity contribution in [2.45, 2.75) is 31.7 Å². The third kappa shape index (κ3) is 5.48. The number of hydrogen-bond acceptors (Lipinski definition) is 4. The predicted octanol–water partition coefficient (Wildman–Crippen LogP) is 2.79. The van der Waals surface area contributed by atoms with E-state index in [0.717, 1.165) is 23.9 Å². The van der Waals surface area contributed by atoms with Crippen molar-refractivity contribution in [2.75, 3.05) is 20.2 Å². The number of Topliss-reactive ketones (excluding diaryl/α,β-unsaturated/α-hetero) is 1. The second kappa shape index (κ2) is 9.25. The highest BCUT2D eigenvalue weighted by atomic mass is 79.9. The molecule has 1 aromatic rings. The second-order valence-corrected chi connectivity index (χ2v) is 6.43.